The van der Waals surface area contributed by atoms with Gasteiger partial charge in [-0.05, 0) is 0 Å². The number of amides is 2. The number of benzene rings is 1. The first-order valence-corrected chi connectivity index (χ1v) is 5.72. The number of oxime groups is 1. The summed E-state index contributed by atoms with van der Waals surface area (Å²) in [5, 5.41) is 11.2. The Morgan fingerprint density at radius 3 is 2.00 bits per heavy atom. The molecule has 1 N–H and O–H groups in total. The van der Waals surface area contributed by atoms with Crippen molar-refractivity contribution in [2.24, 2.45) is 5.16 Å². The molecule has 0 radical (unpaired) electrons. The standard InChI is InChI=1S/C7H6ClNO.C4H4ClNO2/c8-7(9-10)6-4-2-1-3-5-6;5-6-3(7)1-2-4(6)8/h1-5,10H;1-2H2. The predicted octanol–water partition coefficient (Wildman–Crippen LogP) is 2.35. The minimum atomic E-state index is -0.295. The lowest BCUT2D eigenvalue weighted by atomic mass is 10.2. The van der Waals surface area contributed by atoms with Gasteiger partial charge < -0.3 is 5.21 Å². The quantitative estimate of drug-likeness (QED) is 0.283. The third-order valence-electron chi connectivity index (χ3n) is 2.09. The second-order valence-corrected chi connectivity index (χ2v) is 4.02. The molecule has 0 saturated carbocycles. The second kappa shape index (κ2) is 6.98. The molecule has 0 atom stereocenters. The van der Waals surface area contributed by atoms with Crippen LogP contribution in [0, 0.1) is 0 Å². The molecule has 1 aromatic rings. The van der Waals surface area contributed by atoms with Crippen LogP contribution in [-0.4, -0.2) is 26.6 Å². The molecule has 18 heavy (non-hydrogen) atoms. The molecule has 0 bridgehead atoms. The molecule has 1 heterocycles. The summed E-state index contributed by atoms with van der Waals surface area (Å²) in [7, 11) is 0. The third-order valence-corrected chi connectivity index (χ3v) is 2.76. The van der Waals surface area contributed by atoms with Gasteiger partial charge in [0.25, 0.3) is 0 Å². The van der Waals surface area contributed by atoms with E-state index in [9.17, 15) is 9.59 Å². The molecular weight excluding hydrogens is 279 g/mol. The molecule has 2 amide bonds. The molecule has 2 rings (SSSR count). The van der Waals surface area contributed by atoms with Gasteiger partial charge >= 0.3 is 0 Å². The minimum absolute atomic E-state index is 0.112. The number of rotatable bonds is 1. The van der Waals surface area contributed by atoms with E-state index in [0.717, 1.165) is 0 Å². The summed E-state index contributed by atoms with van der Waals surface area (Å²) < 4.78 is 0.639. The van der Waals surface area contributed by atoms with Gasteiger partial charge in [-0.1, -0.05) is 47.1 Å². The van der Waals surface area contributed by atoms with E-state index in [0.29, 0.717) is 9.98 Å². The molecule has 1 aliphatic rings. The minimum Gasteiger partial charge on any atom is -0.410 e. The lowest BCUT2D eigenvalue weighted by Crippen LogP contribution is -2.16. The van der Waals surface area contributed by atoms with Crippen molar-refractivity contribution in [3.05, 3.63) is 35.9 Å². The van der Waals surface area contributed by atoms with Gasteiger partial charge in [0.2, 0.25) is 11.8 Å². The smallest absolute Gasteiger partial charge is 0.244 e. The summed E-state index contributed by atoms with van der Waals surface area (Å²) >= 11 is 10.6. The van der Waals surface area contributed by atoms with Crippen molar-refractivity contribution in [3.8, 4) is 0 Å². The second-order valence-electron chi connectivity index (χ2n) is 3.33. The van der Waals surface area contributed by atoms with Gasteiger partial charge in [0.1, 0.15) is 0 Å². The Bertz CT molecular complexity index is 447. The first-order chi connectivity index (χ1) is 8.56. The van der Waals surface area contributed by atoms with Crippen molar-refractivity contribution >= 4 is 40.4 Å². The van der Waals surface area contributed by atoms with E-state index in [-0.39, 0.29) is 29.8 Å². The number of halogens is 2. The van der Waals surface area contributed by atoms with Gasteiger partial charge in [0, 0.05) is 30.2 Å². The molecule has 1 aromatic carbocycles. The number of nitrogens with zero attached hydrogens (tertiary/aromatic N) is 2. The third kappa shape index (κ3) is 4.01. The lowest BCUT2D eigenvalue weighted by molar-refractivity contribution is -0.132. The SMILES string of the molecule is O=C1CCC(=O)N1Cl.ON=C(Cl)c1ccccc1. The first-order valence-electron chi connectivity index (χ1n) is 5.00. The van der Waals surface area contributed by atoms with Crippen LogP contribution in [0.3, 0.4) is 0 Å². The Balaban J connectivity index is 0.000000184. The zero-order chi connectivity index (χ0) is 13.5. The van der Waals surface area contributed by atoms with E-state index in [1.165, 1.54) is 0 Å². The van der Waals surface area contributed by atoms with Crippen LogP contribution in [0.5, 0.6) is 0 Å². The topological polar surface area (TPSA) is 70.0 Å². The van der Waals surface area contributed by atoms with Gasteiger partial charge in [-0.15, -0.1) is 0 Å². The molecule has 0 aromatic heterocycles. The molecule has 7 heteroatoms. The van der Waals surface area contributed by atoms with Crippen LogP contribution in [0.15, 0.2) is 35.5 Å². The molecular formula is C11H10Cl2N2O3. The average molecular weight is 289 g/mol. The van der Waals surface area contributed by atoms with Crippen molar-refractivity contribution in [1.82, 2.24) is 4.42 Å². The van der Waals surface area contributed by atoms with Crippen molar-refractivity contribution in [3.63, 3.8) is 0 Å². The fourth-order valence-corrected chi connectivity index (χ4v) is 1.48. The van der Waals surface area contributed by atoms with Gasteiger partial charge in [-0.3, -0.25) is 9.59 Å². The Labute approximate surface area is 114 Å². The lowest BCUT2D eigenvalue weighted by Gasteiger charge is -1.96. The van der Waals surface area contributed by atoms with Crippen LogP contribution >= 0.6 is 23.4 Å². The maximum atomic E-state index is 10.4. The van der Waals surface area contributed by atoms with E-state index in [1.54, 1.807) is 12.1 Å². The maximum Gasteiger partial charge on any atom is 0.244 e. The van der Waals surface area contributed by atoms with Crippen LogP contribution in [-0.2, 0) is 9.59 Å². The molecule has 1 saturated heterocycles. The number of hydrogen-bond acceptors (Lipinski definition) is 4. The number of imide groups is 1. The maximum absolute atomic E-state index is 10.4. The molecule has 0 spiro atoms. The van der Waals surface area contributed by atoms with Gasteiger partial charge in [-0.2, -0.15) is 4.42 Å². The summed E-state index contributed by atoms with van der Waals surface area (Å²) in [4.78, 5) is 20.7. The van der Waals surface area contributed by atoms with Crippen LogP contribution in [0.4, 0.5) is 0 Å². The van der Waals surface area contributed by atoms with E-state index < -0.39 is 0 Å². The van der Waals surface area contributed by atoms with Gasteiger partial charge in [0.05, 0.1) is 0 Å². The van der Waals surface area contributed by atoms with E-state index in [2.05, 4.69) is 5.16 Å². The van der Waals surface area contributed by atoms with Crippen molar-refractivity contribution in [2.45, 2.75) is 12.8 Å². The molecule has 1 aliphatic heterocycles. The fraction of sp³-hybridized carbons (Fsp3) is 0.182. The number of hydrogen-bond donors (Lipinski definition) is 1. The Morgan fingerprint density at radius 1 is 1.17 bits per heavy atom. The highest BCUT2D eigenvalue weighted by Gasteiger charge is 2.26. The normalized spacial score (nSPS) is 15.4. The van der Waals surface area contributed by atoms with Crippen LogP contribution in [0.1, 0.15) is 18.4 Å². The van der Waals surface area contributed by atoms with Crippen molar-refractivity contribution in [1.29, 1.82) is 0 Å². The highest BCUT2D eigenvalue weighted by atomic mass is 35.5. The zero-order valence-electron chi connectivity index (χ0n) is 9.22. The molecule has 1 fully saturated rings. The molecule has 96 valence electrons. The van der Waals surface area contributed by atoms with Crippen LogP contribution < -0.4 is 0 Å². The predicted molar refractivity (Wildman–Crippen MR) is 67.6 cm³/mol. The summed E-state index contributed by atoms with van der Waals surface area (Å²) in [5.74, 6) is -0.590. The summed E-state index contributed by atoms with van der Waals surface area (Å²) in [6.07, 6.45) is 0.532. The summed E-state index contributed by atoms with van der Waals surface area (Å²) in [5.41, 5.74) is 0.715. The van der Waals surface area contributed by atoms with E-state index >= 15 is 0 Å². The zero-order valence-corrected chi connectivity index (χ0v) is 10.7. The highest BCUT2D eigenvalue weighted by Crippen LogP contribution is 2.12. The Morgan fingerprint density at radius 2 is 1.67 bits per heavy atom. The first kappa shape index (κ1) is 14.5. The molecule has 5 nitrogen and oxygen atoms in total. The monoisotopic (exact) mass is 288 g/mol. The number of carbonyl (C=O) groups excluding carboxylic acids is 2. The largest absolute Gasteiger partial charge is 0.410 e. The molecule has 0 unspecified atom stereocenters. The van der Waals surface area contributed by atoms with Crippen molar-refractivity contribution < 1.29 is 14.8 Å². The van der Waals surface area contributed by atoms with E-state index in [1.807, 2.05) is 18.2 Å². The van der Waals surface area contributed by atoms with Gasteiger partial charge in [-0.25, -0.2) is 0 Å². The summed E-state index contributed by atoms with van der Waals surface area (Å²) in [6.45, 7) is 0. The van der Waals surface area contributed by atoms with Crippen LogP contribution in [0.2, 0.25) is 0 Å². The van der Waals surface area contributed by atoms with Crippen molar-refractivity contribution in [2.75, 3.05) is 0 Å². The van der Waals surface area contributed by atoms with E-state index in [4.69, 9.17) is 28.6 Å². The Hall–Kier alpha value is -1.59. The highest BCUT2D eigenvalue weighted by molar-refractivity contribution is 6.69. The van der Waals surface area contributed by atoms with Crippen LogP contribution in [0.25, 0.3) is 0 Å². The average Bonchev–Trinajstić information content (AvgIpc) is 2.71. The van der Waals surface area contributed by atoms with Gasteiger partial charge in [0.15, 0.2) is 5.17 Å². The molecule has 0 aliphatic carbocycles. The fourth-order valence-electron chi connectivity index (χ4n) is 1.18. The Kier molecular flexibility index (Phi) is 5.61. The number of carbonyl (C=O) groups is 2. The summed E-state index contributed by atoms with van der Waals surface area (Å²) in [6, 6.07) is 9.04.